The Balaban J connectivity index is 0.733. The Labute approximate surface area is 476 Å². The van der Waals surface area contributed by atoms with Gasteiger partial charge in [0.15, 0.2) is 0 Å². The van der Waals surface area contributed by atoms with Crippen molar-refractivity contribution in [1.82, 2.24) is 45.4 Å². The van der Waals surface area contributed by atoms with Crippen LogP contribution in [-0.2, 0) is 35.7 Å². The minimum Gasteiger partial charge on any atom is -0.391 e. The number of aliphatic hydroxyl groups excluding tert-OH is 1. The van der Waals surface area contributed by atoms with Gasteiger partial charge >= 0.3 is 0 Å². The summed E-state index contributed by atoms with van der Waals surface area (Å²) in [4.78, 5) is 74.2. The molecule has 2 aromatic heterocycles. The van der Waals surface area contributed by atoms with E-state index in [1.54, 1.807) is 62.6 Å². The summed E-state index contributed by atoms with van der Waals surface area (Å²) in [6.45, 7) is 19.4. The van der Waals surface area contributed by atoms with Crippen LogP contribution in [0.5, 0.6) is 0 Å². The number of hydrogen-bond acceptors (Lipinski definition) is 15. The monoisotopic (exact) mass is 1130 g/mol. The van der Waals surface area contributed by atoms with Gasteiger partial charge in [0.1, 0.15) is 17.9 Å². The number of aryl methyl sites for hydroxylation is 2. The highest BCUT2D eigenvalue weighted by Gasteiger charge is 2.44. The number of anilines is 5. The average molecular weight is 1140 g/mol. The minimum absolute atomic E-state index is 0.0246. The Morgan fingerprint density at radius 2 is 1.48 bits per heavy atom. The minimum atomic E-state index is -3.71. The standard InChI is InChI=1S/C59H82N12O7S2/c1-40-35-62-57(67-54(40)64-45-17-16-18-48(33-45)80(77,78)68-59(6,7)8)65-44-24-26-46(27-25-44)70-31-29-69(30-32-70)38-51(74)60-28-15-13-11-9-10-12-14-19-50(73)66-53(58(3,4)5)56(76)71-37-47(72)34-49(71)55(75)61-36-42-20-22-43(23-21-42)52-41(2)63-39-79-52/h16-18,20-27,33,35,39,47,49,53,68,72H,9-15,19,28-32,34,36-38H2,1-8H3,(H,60,74)(H,61,75)(H,66,73)(H2,62,64,65,67)/t47-,49+,53-/m1/s1. The summed E-state index contributed by atoms with van der Waals surface area (Å²) >= 11 is 1.58. The number of nitrogens with one attached hydrogen (secondary N) is 6. The second-order valence-corrected chi connectivity index (χ2v) is 25.7. The van der Waals surface area contributed by atoms with Crippen LogP contribution in [0.25, 0.3) is 10.4 Å². The molecule has 0 bridgehead atoms. The van der Waals surface area contributed by atoms with E-state index in [9.17, 15) is 32.7 Å². The fraction of sp³-hybridized carbons (Fsp3) is 0.508. The van der Waals surface area contributed by atoms with Crippen molar-refractivity contribution < 1.29 is 32.7 Å². The van der Waals surface area contributed by atoms with E-state index in [-0.39, 0.29) is 48.0 Å². The highest BCUT2D eigenvalue weighted by molar-refractivity contribution is 7.89. The molecule has 2 saturated heterocycles. The molecule has 21 heteroatoms. The van der Waals surface area contributed by atoms with Crippen LogP contribution in [0.2, 0.25) is 0 Å². The number of carbonyl (C=O) groups is 4. The average Bonchev–Trinajstić information content (AvgIpc) is 4.03. The van der Waals surface area contributed by atoms with E-state index >= 15 is 0 Å². The molecule has 3 aromatic carbocycles. The number of aliphatic hydroxyl groups is 1. The molecule has 0 radical (unpaired) electrons. The van der Waals surface area contributed by atoms with Gasteiger partial charge in [-0.3, -0.25) is 24.1 Å². The van der Waals surface area contributed by atoms with E-state index < -0.39 is 39.2 Å². The molecule has 432 valence electrons. The first-order chi connectivity index (χ1) is 38.0. The van der Waals surface area contributed by atoms with Crippen LogP contribution >= 0.6 is 11.3 Å². The van der Waals surface area contributed by atoms with Gasteiger partial charge in [-0.15, -0.1) is 11.3 Å². The van der Waals surface area contributed by atoms with Crippen LogP contribution in [0.15, 0.2) is 89.4 Å². The van der Waals surface area contributed by atoms with E-state index in [4.69, 9.17) is 0 Å². The van der Waals surface area contributed by atoms with Crippen molar-refractivity contribution in [3.63, 3.8) is 0 Å². The molecule has 0 unspecified atom stereocenters. The maximum absolute atomic E-state index is 14.0. The molecule has 19 nitrogen and oxygen atoms in total. The summed E-state index contributed by atoms with van der Waals surface area (Å²) < 4.78 is 28.6. The Kier molecular flexibility index (Phi) is 21.2. The zero-order valence-electron chi connectivity index (χ0n) is 47.7. The highest BCUT2D eigenvalue weighted by atomic mass is 32.2. The van der Waals surface area contributed by atoms with Crippen LogP contribution in [0, 0.1) is 19.3 Å². The number of amides is 4. The summed E-state index contributed by atoms with van der Waals surface area (Å²) in [6, 6.07) is 20.9. The molecule has 80 heavy (non-hydrogen) atoms. The zero-order chi connectivity index (χ0) is 57.6. The van der Waals surface area contributed by atoms with Crippen LogP contribution in [0.1, 0.15) is 116 Å². The molecular weight excluding hydrogens is 1050 g/mol. The number of piperazine rings is 1. The van der Waals surface area contributed by atoms with Crippen molar-refractivity contribution in [2.24, 2.45) is 5.41 Å². The molecule has 3 atom stereocenters. The molecule has 5 aromatic rings. The van der Waals surface area contributed by atoms with Crippen LogP contribution in [0.3, 0.4) is 0 Å². The van der Waals surface area contributed by atoms with Gasteiger partial charge in [0, 0.05) is 93.0 Å². The second kappa shape index (κ2) is 27.8. The van der Waals surface area contributed by atoms with E-state index in [0.717, 1.165) is 103 Å². The summed E-state index contributed by atoms with van der Waals surface area (Å²) in [5.41, 5.74) is 6.80. The first-order valence-electron chi connectivity index (χ1n) is 27.9. The number of nitrogens with zero attached hydrogens (tertiary/aromatic N) is 6. The van der Waals surface area contributed by atoms with Gasteiger partial charge < -0.3 is 41.5 Å². The maximum Gasteiger partial charge on any atom is 0.246 e. The number of benzene rings is 3. The van der Waals surface area contributed by atoms with Gasteiger partial charge in [0.05, 0.1) is 33.6 Å². The number of β-amino-alcohol motifs (C(OH)–C–C–N with tert-alkyl or cyclic N) is 1. The third-order valence-corrected chi connectivity index (χ3v) is 16.9. The van der Waals surface area contributed by atoms with Gasteiger partial charge in [-0.25, -0.2) is 23.1 Å². The Bertz CT molecular complexity index is 2990. The molecule has 4 amide bonds. The van der Waals surface area contributed by atoms with Crippen molar-refractivity contribution in [2.75, 3.05) is 61.3 Å². The first kappa shape index (κ1) is 61.1. The normalized spacial score (nSPS) is 16.5. The lowest BCUT2D eigenvalue weighted by molar-refractivity contribution is -0.144. The molecule has 7 N–H and O–H groups in total. The van der Waals surface area contributed by atoms with E-state index in [2.05, 4.69) is 68.2 Å². The summed E-state index contributed by atoms with van der Waals surface area (Å²) in [5, 5.41) is 26.1. The predicted molar refractivity (Wildman–Crippen MR) is 317 cm³/mol. The number of likely N-dealkylation sites (tertiary alicyclic amines) is 1. The van der Waals surface area contributed by atoms with Crippen molar-refractivity contribution in [1.29, 1.82) is 0 Å². The van der Waals surface area contributed by atoms with Gasteiger partial charge in [-0.1, -0.05) is 83.2 Å². The lowest BCUT2D eigenvalue weighted by Gasteiger charge is -2.35. The SMILES string of the molecule is Cc1cnc(Nc2ccc(N3CCN(CC(=O)NCCCCCCCCCC(=O)N[C@H](C(=O)N4C[C@H](O)C[C@H]4C(=O)NCc4ccc(-c5scnc5C)cc4)C(C)(C)C)CC3)cc2)nc1Nc1cccc(S(=O)(=O)NC(C)(C)C)c1. The Morgan fingerprint density at radius 3 is 2.14 bits per heavy atom. The summed E-state index contributed by atoms with van der Waals surface area (Å²) in [5.74, 6) is 0.0642. The number of aromatic nitrogens is 3. The Morgan fingerprint density at radius 1 is 0.787 bits per heavy atom. The number of thiazole rings is 1. The fourth-order valence-corrected chi connectivity index (χ4v) is 12.1. The Hall–Kier alpha value is -6.52. The molecule has 2 aliphatic heterocycles. The van der Waals surface area contributed by atoms with Crippen molar-refractivity contribution in [3.05, 3.63) is 101 Å². The molecule has 7 rings (SSSR count). The molecule has 4 heterocycles. The molecule has 2 fully saturated rings. The fourth-order valence-electron chi connectivity index (χ4n) is 9.81. The number of carbonyl (C=O) groups excluding carboxylic acids is 4. The lowest BCUT2D eigenvalue weighted by Crippen LogP contribution is -2.57. The van der Waals surface area contributed by atoms with E-state index in [0.29, 0.717) is 43.4 Å². The molecular formula is C59H82N12O7S2. The molecule has 2 aliphatic rings. The van der Waals surface area contributed by atoms with Crippen molar-refractivity contribution in [3.8, 4) is 10.4 Å². The number of hydrogen-bond donors (Lipinski definition) is 7. The first-order valence-corrected chi connectivity index (χ1v) is 30.3. The van der Waals surface area contributed by atoms with Gasteiger partial charge in [-0.2, -0.15) is 4.98 Å². The lowest BCUT2D eigenvalue weighted by atomic mass is 9.85. The predicted octanol–water partition coefficient (Wildman–Crippen LogP) is 7.95. The highest BCUT2D eigenvalue weighted by Crippen LogP contribution is 2.30. The molecule has 0 saturated carbocycles. The van der Waals surface area contributed by atoms with Gasteiger partial charge in [0.25, 0.3) is 0 Å². The van der Waals surface area contributed by atoms with Gasteiger partial charge in [0.2, 0.25) is 39.6 Å². The van der Waals surface area contributed by atoms with Gasteiger partial charge in [-0.05, 0) is 106 Å². The smallest absolute Gasteiger partial charge is 0.246 e. The molecule has 0 spiro atoms. The van der Waals surface area contributed by atoms with E-state index in [1.807, 2.05) is 76.5 Å². The maximum atomic E-state index is 14.0. The number of unbranched alkanes of at least 4 members (excludes halogenated alkanes) is 6. The van der Waals surface area contributed by atoms with Crippen LogP contribution in [0.4, 0.5) is 28.8 Å². The topological polar surface area (TPSA) is 243 Å². The summed E-state index contributed by atoms with van der Waals surface area (Å²) in [6.07, 6.45) is 7.84. The third-order valence-electron chi connectivity index (χ3n) is 14.2. The van der Waals surface area contributed by atoms with Crippen molar-refractivity contribution in [2.45, 2.75) is 148 Å². The number of sulfonamides is 1. The summed E-state index contributed by atoms with van der Waals surface area (Å²) in [7, 11) is -3.71. The zero-order valence-corrected chi connectivity index (χ0v) is 49.4. The quantitative estimate of drug-likeness (QED) is 0.0275. The van der Waals surface area contributed by atoms with Crippen LogP contribution in [-0.4, -0.2) is 131 Å². The largest absolute Gasteiger partial charge is 0.391 e. The third kappa shape index (κ3) is 18.0. The second-order valence-electron chi connectivity index (χ2n) is 23.2. The van der Waals surface area contributed by atoms with Crippen molar-refractivity contribution >= 4 is 73.8 Å². The molecule has 0 aliphatic carbocycles. The van der Waals surface area contributed by atoms with E-state index in [1.165, 1.54) is 4.90 Å². The number of rotatable bonds is 25. The van der Waals surface area contributed by atoms with Crippen LogP contribution < -0.4 is 36.2 Å².